The Morgan fingerprint density at radius 3 is 2.59 bits per heavy atom. The maximum atomic E-state index is 5.79. The average molecular weight is 234 g/mol. The van der Waals surface area contributed by atoms with Gasteiger partial charge in [-0.2, -0.15) is 15.1 Å². The van der Waals surface area contributed by atoms with Crippen molar-refractivity contribution in [3.05, 3.63) is 6.20 Å². The van der Waals surface area contributed by atoms with Gasteiger partial charge in [0.05, 0.1) is 17.6 Å². The molecule has 0 bridgehead atoms. The predicted octanol–water partition coefficient (Wildman–Crippen LogP) is 1.60. The largest absolute Gasteiger partial charge is 0.383 e. The Balaban J connectivity index is 2.48. The highest BCUT2D eigenvalue weighted by molar-refractivity contribution is 5.86. The predicted molar refractivity (Wildman–Crippen MR) is 68.3 cm³/mol. The molecule has 0 spiro atoms. The summed E-state index contributed by atoms with van der Waals surface area (Å²) in [7, 11) is 0. The van der Waals surface area contributed by atoms with Crippen LogP contribution in [0.2, 0.25) is 0 Å². The summed E-state index contributed by atoms with van der Waals surface area (Å²) in [4.78, 5) is 8.14. The van der Waals surface area contributed by atoms with E-state index in [0.717, 1.165) is 11.8 Å². The highest BCUT2D eigenvalue weighted by Gasteiger charge is 2.15. The zero-order valence-corrected chi connectivity index (χ0v) is 10.4. The Hall–Kier alpha value is -1.85. The van der Waals surface area contributed by atoms with Crippen LogP contribution in [0.25, 0.3) is 11.0 Å². The zero-order chi connectivity index (χ0) is 12.6. The third kappa shape index (κ3) is 2.15. The molecule has 0 radical (unpaired) electrons. The summed E-state index contributed by atoms with van der Waals surface area (Å²) in [6.45, 7) is 6.47. The Morgan fingerprint density at radius 2 is 1.94 bits per heavy atom. The molecule has 17 heavy (non-hydrogen) atoms. The molecule has 92 valence electrons. The van der Waals surface area contributed by atoms with Gasteiger partial charge in [0.25, 0.3) is 0 Å². The van der Waals surface area contributed by atoms with Gasteiger partial charge in [0, 0.05) is 0 Å². The number of fused-ring (bicyclic) bond motifs is 1. The van der Waals surface area contributed by atoms with Crippen molar-refractivity contribution < 1.29 is 0 Å². The van der Waals surface area contributed by atoms with Crippen molar-refractivity contribution in [2.45, 2.75) is 33.2 Å². The molecular weight excluding hydrogens is 216 g/mol. The second kappa shape index (κ2) is 4.20. The third-order valence-electron chi connectivity index (χ3n) is 2.73. The lowest BCUT2D eigenvalue weighted by Crippen LogP contribution is -2.11. The van der Waals surface area contributed by atoms with E-state index in [9.17, 15) is 0 Å². The number of nitrogen functional groups attached to an aromatic ring is 2. The minimum Gasteiger partial charge on any atom is -0.383 e. The van der Waals surface area contributed by atoms with Crippen molar-refractivity contribution in [1.82, 2.24) is 19.7 Å². The number of hydrogen-bond donors (Lipinski definition) is 2. The fourth-order valence-corrected chi connectivity index (χ4v) is 2.07. The van der Waals surface area contributed by atoms with Gasteiger partial charge < -0.3 is 11.5 Å². The summed E-state index contributed by atoms with van der Waals surface area (Å²) in [5.41, 5.74) is 12.1. The molecule has 2 heterocycles. The number of nitrogens with zero attached hydrogens (tertiary/aromatic N) is 4. The minimum atomic E-state index is 0.188. The number of rotatable bonds is 3. The molecule has 0 aliphatic carbocycles. The summed E-state index contributed by atoms with van der Waals surface area (Å²) in [6.07, 6.45) is 2.72. The van der Waals surface area contributed by atoms with E-state index in [1.807, 2.05) is 4.68 Å². The van der Waals surface area contributed by atoms with E-state index in [2.05, 4.69) is 35.8 Å². The van der Waals surface area contributed by atoms with Crippen LogP contribution in [0.15, 0.2) is 6.20 Å². The van der Waals surface area contributed by atoms with Gasteiger partial charge in [-0.15, -0.1) is 0 Å². The van der Waals surface area contributed by atoms with Crippen LogP contribution < -0.4 is 11.5 Å². The quantitative estimate of drug-likeness (QED) is 0.840. The number of anilines is 2. The molecule has 2 aromatic heterocycles. The Morgan fingerprint density at radius 1 is 1.24 bits per heavy atom. The van der Waals surface area contributed by atoms with Gasteiger partial charge in [-0.25, -0.2) is 4.68 Å². The third-order valence-corrected chi connectivity index (χ3v) is 2.73. The Labute approximate surface area is 100 Å². The van der Waals surface area contributed by atoms with Crippen LogP contribution in [0.3, 0.4) is 0 Å². The van der Waals surface area contributed by atoms with Gasteiger partial charge in [0.1, 0.15) is 5.82 Å². The monoisotopic (exact) mass is 234 g/mol. The van der Waals surface area contributed by atoms with Crippen LogP contribution in [0, 0.1) is 5.92 Å². The molecule has 6 nitrogen and oxygen atoms in total. The molecular formula is C11H18N6. The first kappa shape index (κ1) is 11.6. The average Bonchev–Trinajstić information content (AvgIpc) is 2.59. The van der Waals surface area contributed by atoms with Crippen molar-refractivity contribution >= 4 is 22.8 Å². The van der Waals surface area contributed by atoms with E-state index in [0.29, 0.717) is 17.4 Å². The van der Waals surface area contributed by atoms with E-state index in [1.165, 1.54) is 0 Å². The first-order valence-corrected chi connectivity index (χ1v) is 5.75. The molecule has 4 N–H and O–H groups in total. The van der Waals surface area contributed by atoms with Gasteiger partial charge in [-0.1, -0.05) is 13.8 Å². The first-order valence-electron chi connectivity index (χ1n) is 5.75. The standard InChI is InChI=1S/C11H18N6/c1-6(2)4-7(3)17-10-8(5-14-17)9(12)15-11(13)16-10/h5-7H,4H2,1-3H3,(H4,12,13,15,16). The van der Waals surface area contributed by atoms with Crippen molar-refractivity contribution in [1.29, 1.82) is 0 Å². The summed E-state index contributed by atoms with van der Waals surface area (Å²) in [6, 6.07) is 0.265. The fraction of sp³-hybridized carbons (Fsp3) is 0.545. The van der Waals surface area contributed by atoms with E-state index in [-0.39, 0.29) is 12.0 Å². The van der Waals surface area contributed by atoms with Gasteiger partial charge in [-0.05, 0) is 19.3 Å². The molecule has 0 aromatic carbocycles. The molecule has 0 aliphatic rings. The number of hydrogen-bond acceptors (Lipinski definition) is 5. The van der Waals surface area contributed by atoms with Crippen molar-refractivity contribution in [2.75, 3.05) is 11.5 Å². The lowest BCUT2D eigenvalue weighted by Gasteiger charge is -2.15. The molecule has 2 rings (SSSR count). The van der Waals surface area contributed by atoms with Gasteiger partial charge in [0.15, 0.2) is 5.65 Å². The van der Waals surface area contributed by atoms with Gasteiger partial charge >= 0.3 is 0 Å². The molecule has 0 saturated carbocycles. The maximum Gasteiger partial charge on any atom is 0.224 e. The van der Waals surface area contributed by atoms with Gasteiger partial charge in [0.2, 0.25) is 5.95 Å². The van der Waals surface area contributed by atoms with Gasteiger partial charge in [-0.3, -0.25) is 0 Å². The summed E-state index contributed by atoms with van der Waals surface area (Å²) in [5, 5.41) is 5.09. The lowest BCUT2D eigenvalue weighted by atomic mass is 10.1. The highest BCUT2D eigenvalue weighted by Crippen LogP contribution is 2.24. The van der Waals surface area contributed by atoms with E-state index >= 15 is 0 Å². The Bertz CT molecular complexity index is 530. The normalized spacial score (nSPS) is 13.4. The molecule has 6 heteroatoms. The van der Waals surface area contributed by atoms with Crippen molar-refractivity contribution in [2.24, 2.45) is 5.92 Å². The van der Waals surface area contributed by atoms with Crippen LogP contribution >= 0.6 is 0 Å². The maximum absolute atomic E-state index is 5.79. The summed E-state index contributed by atoms with van der Waals surface area (Å²) >= 11 is 0. The summed E-state index contributed by atoms with van der Waals surface area (Å²) in [5.74, 6) is 1.17. The lowest BCUT2D eigenvalue weighted by molar-refractivity contribution is 0.406. The van der Waals surface area contributed by atoms with E-state index in [1.54, 1.807) is 6.20 Å². The van der Waals surface area contributed by atoms with Crippen molar-refractivity contribution in [3.63, 3.8) is 0 Å². The molecule has 0 amide bonds. The van der Waals surface area contributed by atoms with Crippen LogP contribution in [0.1, 0.15) is 33.2 Å². The smallest absolute Gasteiger partial charge is 0.224 e. The molecule has 0 aliphatic heterocycles. The van der Waals surface area contributed by atoms with E-state index < -0.39 is 0 Å². The van der Waals surface area contributed by atoms with Crippen molar-refractivity contribution in [3.8, 4) is 0 Å². The SMILES string of the molecule is CC(C)CC(C)n1ncc2c(N)nc(N)nc21. The second-order valence-electron chi connectivity index (χ2n) is 4.77. The fourth-order valence-electron chi connectivity index (χ4n) is 2.07. The van der Waals surface area contributed by atoms with Crippen LogP contribution in [0.4, 0.5) is 11.8 Å². The molecule has 0 fully saturated rings. The zero-order valence-electron chi connectivity index (χ0n) is 10.4. The molecule has 2 aromatic rings. The van der Waals surface area contributed by atoms with E-state index in [4.69, 9.17) is 11.5 Å². The minimum absolute atomic E-state index is 0.188. The van der Waals surface area contributed by atoms with Crippen LogP contribution in [0.5, 0.6) is 0 Å². The Kier molecular flexibility index (Phi) is 2.87. The van der Waals surface area contributed by atoms with Crippen LogP contribution in [-0.4, -0.2) is 19.7 Å². The topological polar surface area (TPSA) is 95.6 Å². The van der Waals surface area contributed by atoms with Crippen LogP contribution in [-0.2, 0) is 0 Å². The number of nitrogens with two attached hydrogens (primary N) is 2. The molecule has 1 unspecified atom stereocenters. The first-order chi connectivity index (χ1) is 7.99. The second-order valence-corrected chi connectivity index (χ2v) is 4.77. The molecule has 1 atom stereocenters. The summed E-state index contributed by atoms with van der Waals surface area (Å²) < 4.78 is 1.86. The highest BCUT2D eigenvalue weighted by atomic mass is 15.3. The molecule has 0 saturated heterocycles. The number of aromatic nitrogens is 4.